The minimum absolute atomic E-state index is 0.112. The number of carbonyl (C=O) groups excluding carboxylic acids is 1. The minimum Gasteiger partial charge on any atom is -0.478 e. The third kappa shape index (κ3) is 5.20. The van der Waals surface area contributed by atoms with E-state index < -0.39 is 11.9 Å². The lowest BCUT2D eigenvalue weighted by Crippen LogP contribution is -2.56. The van der Waals surface area contributed by atoms with E-state index in [1.165, 1.54) is 19.3 Å². The Hall–Kier alpha value is -1.87. The lowest BCUT2D eigenvalue weighted by atomic mass is 9.45. The number of rotatable bonds is 5. The fraction of sp³-hybridized carbons (Fsp3) is 0.760. The summed E-state index contributed by atoms with van der Waals surface area (Å²) in [5.74, 6) is 1.10. The van der Waals surface area contributed by atoms with E-state index in [1.54, 1.807) is 0 Å². The highest BCUT2D eigenvalue weighted by Crippen LogP contribution is 2.65. The Morgan fingerprint density at radius 1 is 1.12 bits per heavy atom. The molecule has 0 bridgehead atoms. The molecule has 0 aliphatic heterocycles. The average Bonchev–Trinajstić information content (AvgIpc) is 3.10. The van der Waals surface area contributed by atoms with Crippen LogP contribution in [0.5, 0.6) is 0 Å². The highest BCUT2D eigenvalue weighted by Gasteiger charge is 2.61. The van der Waals surface area contributed by atoms with Gasteiger partial charge in [-0.05, 0) is 68.1 Å². The van der Waals surface area contributed by atoms with Crippen molar-refractivity contribution in [1.82, 2.24) is 0 Å². The molecular formula is C25H38N2O6S. The topological polar surface area (TPSA) is 150 Å². The lowest BCUT2D eigenvalue weighted by Gasteiger charge is -2.60. The van der Waals surface area contributed by atoms with Crippen molar-refractivity contribution in [2.24, 2.45) is 45.4 Å². The number of nitrogens with two attached hydrogens (primary N) is 1. The summed E-state index contributed by atoms with van der Waals surface area (Å²) in [6.07, 6.45) is 9.67. The maximum absolute atomic E-state index is 12.6. The molecule has 4 rings (SSSR count). The van der Waals surface area contributed by atoms with Crippen LogP contribution in [0, 0.1) is 34.5 Å². The van der Waals surface area contributed by atoms with Crippen molar-refractivity contribution in [2.45, 2.75) is 70.5 Å². The van der Waals surface area contributed by atoms with Gasteiger partial charge < -0.3 is 21.2 Å². The van der Waals surface area contributed by atoms with Gasteiger partial charge in [0.05, 0.1) is 5.71 Å². The molecule has 0 saturated heterocycles. The normalized spacial score (nSPS) is 40.1. The first-order valence-electron chi connectivity index (χ1n) is 12.3. The van der Waals surface area contributed by atoms with Crippen LogP contribution in [0.2, 0.25) is 0 Å². The number of hydrogen-bond acceptors (Lipinski definition) is 7. The molecule has 0 aromatic carbocycles. The first-order valence-corrected chi connectivity index (χ1v) is 13.3. The predicted octanol–water partition coefficient (Wildman–Crippen LogP) is 3.81. The van der Waals surface area contributed by atoms with Crippen LogP contribution >= 0.6 is 11.8 Å². The Kier molecular flexibility index (Phi) is 8.50. The third-order valence-corrected chi connectivity index (χ3v) is 10.5. The molecule has 0 aromatic rings. The molecule has 0 heterocycles. The van der Waals surface area contributed by atoms with E-state index in [2.05, 4.69) is 19.0 Å². The molecule has 4 aliphatic rings. The summed E-state index contributed by atoms with van der Waals surface area (Å²) >= 11 is 2.00. The van der Waals surface area contributed by atoms with Crippen molar-refractivity contribution in [1.29, 1.82) is 0 Å². The van der Waals surface area contributed by atoms with Gasteiger partial charge in [-0.15, -0.1) is 0 Å². The monoisotopic (exact) mass is 494 g/mol. The molecule has 4 aliphatic carbocycles. The number of fused-ring (bicyclic) bond motifs is 5. The highest BCUT2D eigenvalue weighted by molar-refractivity contribution is 7.99. The van der Waals surface area contributed by atoms with Crippen LogP contribution < -0.4 is 5.73 Å². The van der Waals surface area contributed by atoms with Crippen LogP contribution in [0.15, 0.2) is 17.3 Å². The number of ketones is 1. The average molecular weight is 495 g/mol. The number of aliphatic carboxylic acids is 2. The van der Waals surface area contributed by atoms with E-state index >= 15 is 0 Å². The van der Waals surface area contributed by atoms with Gasteiger partial charge in [0.15, 0.2) is 0 Å². The summed E-state index contributed by atoms with van der Waals surface area (Å²) in [5.41, 5.74) is 6.85. The number of Topliss-reactive ketones (excluding diaryl/α,β-unsaturated/α-hetero) is 1. The summed E-state index contributed by atoms with van der Waals surface area (Å²) in [6.45, 7) is 5.42. The van der Waals surface area contributed by atoms with Gasteiger partial charge in [-0.1, -0.05) is 19.0 Å². The van der Waals surface area contributed by atoms with Gasteiger partial charge in [-0.25, -0.2) is 9.59 Å². The second kappa shape index (κ2) is 10.8. The number of oxime groups is 1. The van der Waals surface area contributed by atoms with Crippen molar-refractivity contribution >= 4 is 35.2 Å². The van der Waals surface area contributed by atoms with Gasteiger partial charge in [0.1, 0.15) is 5.78 Å². The Morgan fingerprint density at radius 3 is 2.38 bits per heavy atom. The lowest BCUT2D eigenvalue weighted by molar-refractivity contribution is -0.134. The molecule has 0 amide bonds. The quantitative estimate of drug-likeness (QED) is 0.256. The van der Waals surface area contributed by atoms with Crippen molar-refractivity contribution in [3.8, 4) is 0 Å². The first-order chi connectivity index (χ1) is 16.1. The van der Waals surface area contributed by atoms with Gasteiger partial charge in [-0.2, -0.15) is 11.8 Å². The zero-order chi connectivity index (χ0) is 25.1. The van der Waals surface area contributed by atoms with Gasteiger partial charge in [-0.3, -0.25) is 4.79 Å². The number of carboxylic acid groups (broad SMARTS) is 2. The minimum atomic E-state index is -1.26. The summed E-state index contributed by atoms with van der Waals surface area (Å²) in [5, 5.41) is 30.0. The molecule has 9 heteroatoms. The number of nitrogens with zero attached hydrogens (tertiary/aromatic N) is 1. The van der Waals surface area contributed by atoms with Crippen molar-refractivity contribution in [3.63, 3.8) is 0 Å². The summed E-state index contributed by atoms with van der Waals surface area (Å²) in [7, 11) is 0. The van der Waals surface area contributed by atoms with E-state index in [-0.39, 0.29) is 10.8 Å². The van der Waals surface area contributed by atoms with Gasteiger partial charge in [0.2, 0.25) is 0 Å². The van der Waals surface area contributed by atoms with Crippen LogP contribution in [-0.2, 0) is 14.4 Å². The molecule has 5 N–H and O–H groups in total. The van der Waals surface area contributed by atoms with Gasteiger partial charge in [0.25, 0.3) is 0 Å². The fourth-order valence-corrected chi connectivity index (χ4v) is 8.52. The first kappa shape index (κ1) is 26.7. The fourth-order valence-electron chi connectivity index (χ4n) is 7.44. The van der Waals surface area contributed by atoms with Gasteiger partial charge >= 0.3 is 11.9 Å². The second-order valence-electron chi connectivity index (χ2n) is 10.7. The Bertz CT molecular complexity index is 844. The second-order valence-corrected chi connectivity index (χ2v) is 12.1. The summed E-state index contributed by atoms with van der Waals surface area (Å²) < 4.78 is 0. The Balaban J connectivity index is 0.000000350. The maximum Gasteiger partial charge on any atom is 0.328 e. The molecule has 0 aromatic heterocycles. The van der Waals surface area contributed by atoms with Crippen LogP contribution in [0.3, 0.4) is 0 Å². The van der Waals surface area contributed by atoms with Crippen molar-refractivity contribution in [2.75, 3.05) is 12.3 Å². The van der Waals surface area contributed by atoms with Crippen LogP contribution in [0.4, 0.5) is 0 Å². The molecule has 8 nitrogen and oxygen atoms in total. The van der Waals surface area contributed by atoms with Crippen molar-refractivity contribution < 1.29 is 29.8 Å². The SMILES string of the molecule is C[C@]12CC[C@@H](SCCN)CC1/C(=N\O)C[C@@H]1[C@@H]2CC[C@]2(C)C(=O)CC[C@@H]12.O=C(O)/C=C/C(=O)O. The van der Waals surface area contributed by atoms with E-state index in [0.29, 0.717) is 46.9 Å². The number of thioether (sulfide) groups is 1. The molecule has 0 spiro atoms. The van der Waals surface area contributed by atoms with E-state index in [1.807, 2.05) is 11.8 Å². The largest absolute Gasteiger partial charge is 0.478 e. The summed E-state index contributed by atoms with van der Waals surface area (Å²) in [6, 6.07) is 0. The molecule has 4 saturated carbocycles. The zero-order valence-corrected chi connectivity index (χ0v) is 20.9. The van der Waals surface area contributed by atoms with E-state index in [9.17, 15) is 19.6 Å². The predicted molar refractivity (Wildman–Crippen MR) is 131 cm³/mol. The Labute approximate surface area is 205 Å². The van der Waals surface area contributed by atoms with E-state index in [4.69, 9.17) is 15.9 Å². The standard InChI is InChI=1S/C21H34N2O2S.C4H4O4/c1-20-7-5-13(26-10-9-22)11-17(20)18(23-25)12-14-15-3-4-19(24)21(15,2)8-6-16(14)20;5-3(6)1-2-4(7)8/h13-17,25H,3-12,22H2,1-2H3;1-2H,(H,5,6)(H,7,8)/b23-18-;2-1+/t13-,14+,15+,16+,17?,20-,21+;/m1./s1. The number of carbonyl (C=O) groups is 3. The van der Waals surface area contributed by atoms with Gasteiger partial charge in [0, 0.05) is 47.5 Å². The number of hydrogen-bond donors (Lipinski definition) is 4. The Morgan fingerprint density at radius 2 is 1.79 bits per heavy atom. The molecule has 34 heavy (non-hydrogen) atoms. The highest BCUT2D eigenvalue weighted by atomic mass is 32.2. The van der Waals surface area contributed by atoms with Crippen LogP contribution in [0.1, 0.15) is 65.2 Å². The molecule has 0 radical (unpaired) electrons. The third-order valence-electron chi connectivity index (χ3n) is 9.11. The molecule has 7 atom stereocenters. The molecule has 1 unspecified atom stereocenters. The molecular weight excluding hydrogens is 456 g/mol. The van der Waals surface area contributed by atoms with Crippen molar-refractivity contribution in [3.05, 3.63) is 12.2 Å². The molecule has 4 fully saturated rings. The maximum atomic E-state index is 12.6. The smallest absolute Gasteiger partial charge is 0.328 e. The van der Waals surface area contributed by atoms with Crippen LogP contribution in [0.25, 0.3) is 0 Å². The van der Waals surface area contributed by atoms with E-state index in [0.717, 1.165) is 50.1 Å². The zero-order valence-electron chi connectivity index (χ0n) is 20.1. The number of carboxylic acids is 2. The van der Waals surface area contributed by atoms with Crippen LogP contribution in [-0.4, -0.2) is 56.4 Å². The molecule has 190 valence electrons. The summed E-state index contributed by atoms with van der Waals surface area (Å²) in [4.78, 5) is 31.7.